The van der Waals surface area contributed by atoms with Gasteiger partial charge in [0, 0.05) is 12.1 Å². The van der Waals surface area contributed by atoms with E-state index in [1.165, 1.54) is 0 Å². The molecule has 0 aromatic heterocycles. The number of benzene rings is 2. The van der Waals surface area contributed by atoms with E-state index in [-0.39, 0.29) is 5.91 Å². The van der Waals surface area contributed by atoms with Crippen LogP contribution < -0.4 is 5.32 Å². The summed E-state index contributed by atoms with van der Waals surface area (Å²) in [5.41, 5.74) is 4.32. The smallest absolute Gasteiger partial charge is 0.333 e. The van der Waals surface area contributed by atoms with Crippen LogP contribution in [0, 0.1) is 0 Å². The monoisotopic (exact) mass is 349 g/mol. The second-order valence-corrected chi connectivity index (χ2v) is 6.58. The van der Waals surface area contributed by atoms with Gasteiger partial charge in [0.2, 0.25) is 5.91 Å². The van der Waals surface area contributed by atoms with Crippen LogP contribution in [0.25, 0.3) is 11.1 Å². The first-order chi connectivity index (χ1) is 12.6. The number of amides is 1. The average Bonchev–Trinajstić information content (AvgIpc) is 2.67. The highest BCUT2D eigenvalue weighted by atomic mass is 16.4. The van der Waals surface area contributed by atoms with Crippen LogP contribution in [0.4, 0.5) is 0 Å². The zero-order chi connectivity index (χ0) is 18.4. The minimum Gasteiger partial charge on any atom is -0.478 e. The number of nitrogens with one attached hydrogen (secondary N) is 1. The molecular weight excluding hydrogens is 326 g/mol. The summed E-state index contributed by atoms with van der Waals surface area (Å²) in [6.45, 7) is 0. The van der Waals surface area contributed by atoms with Gasteiger partial charge in [-0.15, -0.1) is 0 Å². The summed E-state index contributed by atoms with van der Waals surface area (Å²) in [6, 6.07) is 18.3. The van der Waals surface area contributed by atoms with E-state index >= 15 is 0 Å². The van der Waals surface area contributed by atoms with E-state index in [9.17, 15) is 14.7 Å². The normalized spacial score (nSPS) is 14.2. The standard InChI is InChI=1S/C22H23NO3/c24-21(23-20-12-5-4-11-19(20)22(25)26)14-13-16-7-6-10-18(15-16)17-8-2-1-3-9-17/h1-3,6-10,15H,4-5,11-14H2,(H,23,24)(H,25,26). The van der Waals surface area contributed by atoms with Crippen LogP contribution in [0.2, 0.25) is 0 Å². The molecule has 0 bridgehead atoms. The number of aliphatic carboxylic acids is 1. The van der Waals surface area contributed by atoms with Gasteiger partial charge >= 0.3 is 5.97 Å². The van der Waals surface area contributed by atoms with E-state index in [0.717, 1.165) is 29.5 Å². The average molecular weight is 349 g/mol. The van der Waals surface area contributed by atoms with Crippen molar-refractivity contribution >= 4 is 11.9 Å². The Morgan fingerprint density at radius 3 is 2.42 bits per heavy atom. The number of rotatable bonds is 6. The maximum Gasteiger partial charge on any atom is 0.333 e. The molecule has 3 rings (SSSR count). The lowest BCUT2D eigenvalue weighted by Gasteiger charge is -2.18. The zero-order valence-electron chi connectivity index (χ0n) is 14.7. The largest absolute Gasteiger partial charge is 0.478 e. The van der Waals surface area contributed by atoms with Crippen LogP contribution in [0.5, 0.6) is 0 Å². The van der Waals surface area contributed by atoms with Crippen LogP contribution in [-0.4, -0.2) is 17.0 Å². The summed E-state index contributed by atoms with van der Waals surface area (Å²) >= 11 is 0. The summed E-state index contributed by atoms with van der Waals surface area (Å²) in [5, 5.41) is 12.1. The van der Waals surface area contributed by atoms with E-state index < -0.39 is 5.97 Å². The van der Waals surface area contributed by atoms with Crippen molar-refractivity contribution in [1.29, 1.82) is 0 Å². The van der Waals surface area contributed by atoms with Gasteiger partial charge in [-0.1, -0.05) is 54.6 Å². The number of carbonyl (C=O) groups excluding carboxylic acids is 1. The van der Waals surface area contributed by atoms with Crippen LogP contribution in [0.3, 0.4) is 0 Å². The van der Waals surface area contributed by atoms with Crippen molar-refractivity contribution in [3.63, 3.8) is 0 Å². The lowest BCUT2D eigenvalue weighted by atomic mass is 9.96. The van der Waals surface area contributed by atoms with Gasteiger partial charge in [0.1, 0.15) is 0 Å². The number of carbonyl (C=O) groups is 2. The van der Waals surface area contributed by atoms with Crippen molar-refractivity contribution in [2.24, 2.45) is 0 Å². The van der Waals surface area contributed by atoms with Crippen LogP contribution in [0.15, 0.2) is 65.9 Å². The maximum absolute atomic E-state index is 12.3. The molecule has 0 radical (unpaired) electrons. The van der Waals surface area contributed by atoms with Gasteiger partial charge in [-0.25, -0.2) is 4.79 Å². The van der Waals surface area contributed by atoms with Crippen molar-refractivity contribution in [2.75, 3.05) is 0 Å². The summed E-state index contributed by atoms with van der Waals surface area (Å²) < 4.78 is 0. The Hall–Kier alpha value is -2.88. The summed E-state index contributed by atoms with van der Waals surface area (Å²) in [6.07, 6.45) is 3.93. The molecule has 0 saturated carbocycles. The Labute approximate surface area is 153 Å². The first kappa shape index (κ1) is 17.9. The van der Waals surface area contributed by atoms with Gasteiger partial charge in [-0.3, -0.25) is 4.79 Å². The quantitative estimate of drug-likeness (QED) is 0.816. The van der Waals surface area contributed by atoms with Crippen LogP contribution in [0.1, 0.15) is 37.7 Å². The molecule has 0 atom stereocenters. The van der Waals surface area contributed by atoms with Gasteiger partial charge < -0.3 is 10.4 Å². The summed E-state index contributed by atoms with van der Waals surface area (Å²) in [5.74, 6) is -1.04. The fourth-order valence-electron chi connectivity index (χ4n) is 3.30. The second kappa shape index (κ2) is 8.48. The van der Waals surface area contributed by atoms with Crippen LogP contribution in [-0.2, 0) is 16.0 Å². The van der Waals surface area contributed by atoms with Crippen molar-refractivity contribution in [3.05, 3.63) is 71.4 Å². The molecule has 0 fully saturated rings. The molecule has 26 heavy (non-hydrogen) atoms. The maximum atomic E-state index is 12.3. The van der Waals surface area contributed by atoms with E-state index in [1.807, 2.05) is 30.3 Å². The Bertz CT molecular complexity index is 824. The molecule has 4 heteroatoms. The molecule has 0 saturated heterocycles. The number of aryl methyl sites for hydroxylation is 1. The predicted octanol–water partition coefficient (Wildman–Crippen LogP) is 4.32. The molecular formula is C22H23NO3. The highest BCUT2D eigenvalue weighted by molar-refractivity contribution is 5.89. The molecule has 2 aromatic carbocycles. The third-order valence-electron chi connectivity index (χ3n) is 4.69. The number of allylic oxidation sites excluding steroid dienone is 1. The first-order valence-corrected chi connectivity index (χ1v) is 9.03. The molecule has 0 unspecified atom stereocenters. The Balaban J connectivity index is 1.62. The second-order valence-electron chi connectivity index (χ2n) is 6.58. The summed E-state index contributed by atoms with van der Waals surface area (Å²) in [7, 11) is 0. The number of hydrogen-bond donors (Lipinski definition) is 2. The third kappa shape index (κ3) is 4.60. The topological polar surface area (TPSA) is 66.4 Å². The van der Waals surface area contributed by atoms with Gasteiger partial charge in [0.15, 0.2) is 0 Å². The van der Waals surface area contributed by atoms with Crippen molar-refractivity contribution in [1.82, 2.24) is 5.32 Å². The Morgan fingerprint density at radius 2 is 1.65 bits per heavy atom. The van der Waals surface area contributed by atoms with E-state index in [4.69, 9.17) is 0 Å². The lowest BCUT2D eigenvalue weighted by molar-refractivity contribution is -0.133. The molecule has 2 N–H and O–H groups in total. The zero-order valence-corrected chi connectivity index (χ0v) is 14.7. The molecule has 4 nitrogen and oxygen atoms in total. The van der Waals surface area contributed by atoms with Gasteiger partial charge in [0.25, 0.3) is 0 Å². The Morgan fingerprint density at radius 1 is 0.923 bits per heavy atom. The molecule has 1 aliphatic carbocycles. The van der Waals surface area contributed by atoms with E-state index in [1.54, 1.807) is 0 Å². The highest BCUT2D eigenvalue weighted by Crippen LogP contribution is 2.24. The SMILES string of the molecule is O=C(CCc1cccc(-c2ccccc2)c1)NC1=C(C(=O)O)CCCC1. The van der Waals surface area contributed by atoms with Gasteiger partial charge in [-0.05, 0) is 48.8 Å². The van der Waals surface area contributed by atoms with Crippen molar-refractivity contribution < 1.29 is 14.7 Å². The molecule has 1 amide bonds. The highest BCUT2D eigenvalue weighted by Gasteiger charge is 2.19. The number of hydrogen-bond acceptors (Lipinski definition) is 2. The molecule has 0 aliphatic heterocycles. The fourth-order valence-corrected chi connectivity index (χ4v) is 3.30. The molecule has 0 heterocycles. The van der Waals surface area contributed by atoms with Crippen molar-refractivity contribution in [3.8, 4) is 11.1 Å². The molecule has 2 aromatic rings. The molecule has 1 aliphatic rings. The van der Waals surface area contributed by atoms with E-state index in [0.29, 0.717) is 37.0 Å². The molecule has 134 valence electrons. The van der Waals surface area contributed by atoms with Gasteiger partial charge in [0.05, 0.1) is 5.57 Å². The summed E-state index contributed by atoms with van der Waals surface area (Å²) in [4.78, 5) is 23.6. The van der Waals surface area contributed by atoms with Crippen molar-refractivity contribution in [2.45, 2.75) is 38.5 Å². The number of carboxylic acids is 1. The Kier molecular flexibility index (Phi) is 5.84. The number of carboxylic acid groups (broad SMARTS) is 1. The fraction of sp³-hybridized carbons (Fsp3) is 0.273. The molecule has 0 spiro atoms. The van der Waals surface area contributed by atoms with Crippen LogP contribution >= 0.6 is 0 Å². The minimum atomic E-state index is -0.921. The lowest BCUT2D eigenvalue weighted by Crippen LogP contribution is -2.27. The third-order valence-corrected chi connectivity index (χ3v) is 4.69. The first-order valence-electron chi connectivity index (χ1n) is 9.03. The van der Waals surface area contributed by atoms with Gasteiger partial charge in [-0.2, -0.15) is 0 Å². The minimum absolute atomic E-state index is 0.120. The predicted molar refractivity (Wildman–Crippen MR) is 101 cm³/mol. The van der Waals surface area contributed by atoms with E-state index in [2.05, 4.69) is 29.6 Å².